The predicted molar refractivity (Wildman–Crippen MR) is 51.4 cm³/mol. The van der Waals surface area contributed by atoms with E-state index in [1.807, 2.05) is 0 Å². The van der Waals surface area contributed by atoms with Gasteiger partial charge in [-0.3, -0.25) is 4.79 Å². The van der Waals surface area contributed by atoms with Crippen molar-refractivity contribution >= 4 is 21.9 Å². The van der Waals surface area contributed by atoms with Crippen molar-refractivity contribution in [2.24, 2.45) is 0 Å². The first-order valence-electron chi connectivity index (χ1n) is 3.91. The van der Waals surface area contributed by atoms with Crippen LogP contribution in [0.5, 0.6) is 0 Å². The second kappa shape index (κ2) is 4.28. The van der Waals surface area contributed by atoms with Gasteiger partial charge in [0, 0.05) is 10.7 Å². The molecule has 0 amide bonds. The summed E-state index contributed by atoms with van der Waals surface area (Å²) < 4.78 is 36.6. The van der Waals surface area contributed by atoms with Gasteiger partial charge in [0.2, 0.25) is 0 Å². The fourth-order valence-electron chi connectivity index (χ4n) is 1.06. The molecule has 0 saturated carbocycles. The number of rotatable bonds is 2. The molecular weight excluding hydrogens is 295 g/mol. The Morgan fingerprint density at radius 2 is 2.06 bits per heavy atom. The maximum absolute atomic E-state index is 12.1. The number of carboxylic acids is 1. The zero-order valence-electron chi connectivity index (χ0n) is 7.58. The number of hydrogen-bond acceptors (Lipinski definition) is 2. The van der Waals surface area contributed by atoms with E-state index in [0.29, 0.717) is 4.57 Å². The molecule has 16 heavy (non-hydrogen) atoms. The van der Waals surface area contributed by atoms with Crippen molar-refractivity contribution in [2.75, 3.05) is 0 Å². The molecule has 0 spiro atoms. The summed E-state index contributed by atoms with van der Waals surface area (Å²) in [6.07, 6.45) is -3.69. The summed E-state index contributed by atoms with van der Waals surface area (Å²) in [6, 6.07) is 0.956. The van der Waals surface area contributed by atoms with Crippen molar-refractivity contribution in [1.82, 2.24) is 4.57 Å². The molecule has 0 atom stereocenters. The first-order chi connectivity index (χ1) is 7.20. The summed E-state index contributed by atoms with van der Waals surface area (Å²) in [5.74, 6) is -1.57. The third kappa shape index (κ3) is 3.09. The van der Waals surface area contributed by atoms with Crippen LogP contribution in [0.25, 0.3) is 0 Å². The summed E-state index contributed by atoms with van der Waals surface area (Å²) in [4.78, 5) is 21.9. The Bertz CT molecular complexity index is 480. The van der Waals surface area contributed by atoms with Crippen molar-refractivity contribution in [3.8, 4) is 0 Å². The van der Waals surface area contributed by atoms with Gasteiger partial charge >= 0.3 is 12.1 Å². The number of halogens is 4. The van der Waals surface area contributed by atoms with Crippen LogP contribution in [-0.4, -0.2) is 21.8 Å². The highest BCUT2D eigenvalue weighted by Crippen LogP contribution is 2.18. The second-order valence-electron chi connectivity index (χ2n) is 2.93. The lowest BCUT2D eigenvalue weighted by Crippen LogP contribution is -2.31. The molecule has 8 heteroatoms. The van der Waals surface area contributed by atoms with Gasteiger partial charge in [0.25, 0.3) is 5.56 Å². The number of pyridine rings is 1. The molecule has 1 aromatic rings. The molecule has 1 rings (SSSR count). The molecular formula is C8H5BrF3NO3. The summed E-state index contributed by atoms with van der Waals surface area (Å²) in [5, 5.41) is 8.60. The van der Waals surface area contributed by atoms with Gasteiger partial charge in [-0.1, -0.05) is 0 Å². The lowest BCUT2D eigenvalue weighted by Gasteiger charge is -2.10. The first kappa shape index (κ1) is 12.8. The van der Waals surface area contributed by atoms with Crippen LogP contribution in [0.4, 0.5) is 13.2 Å². The Hall–Kier alpha value is -1.31. The van der Waals surface area contributed by atoms with E-state index >= 15 is 0 Å². The maximum Gasteiger partial charge on any atom is 0.406 e. The Labute approximate surface area is 95.4 Å². The summed E-state index contributed by atoms with van der Waals surface area (Å²) in [5.41, 5.74) is -1.90. The van der Waals surface area contributed by atoms with Crippen LogP contribution < -0.4 is 5.56 Å². The normalized spacial score (nSPS) is 11.5. The van der Waals surface area contributed by atoms with Gasteiger partial charge < -0.3 is 9.67 Å². The van der Waals surface area contributed by atoms with E-state index in [2.05, 4.69) is 15.9 Å². The third-order valence-electron chi connectivity index (χ3n) is 1.63. The maximum atomic E-state index is 12.1. The van der Waals surface area contributed by atoms with E-state index in [4.69, 9.17) is 5.11 Å². The molecule has 88 valence electrons. The zero-order valence-corrected chi connectivity index (χ0v) is 9.17. The van der Waals surface area contributed by atoms with Crippen LogP contribution >= 0.6 is 15.9 Å². The van der Waals surface area contributed by atoms with Gasteiger partial charge in [-0.15, -0.1) is 0 Å². The highest BCUT2D eigenvalue weighted by molar-refractivity contribution is 9.10. The molecule has 0 aromatic carbocycles. The van der Waals surface area contributed by atoms with Crippen molar-refractivity contribution in [2.45, 2.75) is 12.7 Å². The molecule has 1 N–H and O–H groups in total. The van der Waals surface area contributed by atoms with Crippen molar-refractivity contribution in [1.29, 1.82) is 0 Å². The third-order valence-corrected chi connectivity index (χ3v) is 2.07. The summed E-state index contributed by atoms with van der Waals surface area (Å²) in [7, 11) is 0. The Morgan fingerprint density at radius 3 is 2.50 bits per heavy atom. The molecule has 0 saturated heterocycles. The van der Waals surface area contributed by atoms with Crippen LogP contribution in [0.1, 0.15) is 10.4 Å². The topological polar surface area (TPSA) is 59.3 Å². The van der Waals surface area contributed by atoms with E-state index in [0.717, 1.165) is 12.3 Å². The van der Waals surface area contributed by atoms with E-state index < -0.39 is 29.8 Å². The van der Waals surface area contributed by atoms with Crippen LogP contribution in [-0.2, 0) is 6.54 Å². The van der Waals surface area contributed by atoms with Crippen molar-refractivity contribution in [3.05, 3.63) is 32.7 Å². The Balaban J connectivity index is 3.31. The summed E-state index contributed by atoms with van der Waals surface area (Å²) >= 11 is 2.83. The van der Waals surface area contributed by atoms with E-state index in [-0.39, 0.29) is 4.47 Å². The number of alkyl halides is 3. The molecule has 0 aliphatic carbocycles. The lowest BCUT2D eigenvalue weighted by molar-refractivity contribution is -0.141. The lowest BCUT2D eigenvalue weighted by atomic mass is 10.3. The Morgan fingerprint density at radius 1 is 1.50 bits per heavy atom. The van der Waals surface area contributed by atoms with Crippen molar-refractivity contribution < 1.29 is 23.1 Å². The highest BCUT2D eigenvalue weighted by Gasteiger charge is 2.29. The van der Waals surface area contributed by atoms with Crippen LogP contribution in [0.3, 0.4) is 0 Å². The molecule has 0 aliphatic rings. The van der Waals surface area contributed by atoms with Gasteiger partial charge in [0.05, 0.1) is 0 Å². The smallest absolute Gasteiger partial charge is 0.406 e. The largest absolute Gasteiger partial charge is 0.477 e. The number of aromatic nitrogens is 1. The van der Waals surface area contributed by atoms with Crippen LogP contribution in [0.15, 0.2) is 21.5 Å². The molecule has 0 fully saturated rings. The number of aromatic carboxylic acids is 1. The minimum absolute atomic E-state index is 0.0914. The fourth-order valence-corrected chi connectivity index (χ4v) is 1.54. The molecule has 1 heterocycles. The monoisotopic (exact) mass is 299 g/mol. The number of carboxylic acid groups (broad SMARTS) is 1. The van der Waals surface area contributed by atoms with E-state index in [1.54, 1.807) is 0 Å². The van der Waals surface area contributed by atoms with Gasteiger partial charge in [0.15, 0.2) is 0 Å². The van der Waals surface area contributed by atoms with E-state index in [1.165, 1.54) is 0 Å². The number of carbonyl (C=O) groups is 1. The molecule has 0 aliphatic heterocycles. The number of nitrogens with zero attached hydrogens (tertiary/aromatic N) is 1. The molecule has 4 nitrogen and oxygen atoms in total. The quantitative estimate of drug-likeness (QED) is 0.907. The average Bonchev–Trinajstić information content (AvgIpc) is 2.07. The van der Waals surface area contributed by atoms with Gasteiger partial charge in [-0.25, -0.2) is 4.79 Å². The molecule has 0 radical (unpaired) electrons. The van der Waals surface area contributed by atoms with E-state index in [9.17, 15) is 22.8 Å². The standard InChI is InChI=1S/C8H5BrF3NO3/c9-4-1-5(7(15)16)6(14)13(2-4)3-8(10,11)12/h1-2H,3H2,(H,15,16). The first-order valence-corrected chi connectivity index (χ1v) is 4.70. The fraction of sp³-hybridized carbons (Fsp3) is 0.250. The zero-order chi connectivity index (χ0) is 12.5. The summed E-state index contributed by atoms with van der Waals surface area (Å²) in [6.45, 7) is -1.52. The molecule has 1 aromatic heterocycles. The predicted octanol–water partition coefficient (Wildman–Crippen LogP) is 1.87. The van der Waals surface area contributed by atoms with Crippen LogP contribution in [0, 0.1) is 0 Å². The minimum Gasteiger partial charge on any atom is -0.477 e. The number of hydrogen-bond donors (Lipinski definition) is 1. The molecule has 0 bridgehead atoms. The average molecular weight is 300 g/mol. The van der Waals surface area contributed by atoms with Crippen molar-refractivity contribution in [3.63, 3.8) is 0 Å². The second-order valence-corrected chi connectivity index (χ2v) is 3.84. The van der Waals surface area contributed by atoms with Gasteiger partial charge in [0.1, 0.15) is 12.1 Å². The molecule has 0 unspecified atom stereocenters. The highest BCUT2D eigenvalue weighted by atomic mass is 79.9. The SMILES string of the molecule is O=C(O)c1cc(Br)cn(CC(F)(F)F)c1=O. The van der Waals surface area contributed by atoms with Gasteiger partial charge in [-0.05, 0) is 22.0 Å². The van der Waals surface area contributed by atoms with Gasteiger partial charge in [-0.2, -0.15) is 13.2 Å². The Kier molecular flexibility index (Phi) is 3.41. The minimum atomic E-state index is -4.58. The van der Waals surface area contributed by atoms with Crippen LogP contribution in [0.2, 0.25) is 0 Å².